The van der Waals surface area contributed by atoms with Crippen molar-refractivity contribution in [2.75, 3.05) is 17.6 Å². The molecule has 0 radical (unpaired) electrons. The molecule has 104 valence electrons. The summed E-state index contributed by atoms with van der Waals surface area (Å²) >= 11 is 0. The van der Waals surface area contributed by atoms with Crippen LogP contribution in [0.5, 0.6) is 0 Å². The monoisotopic (exact) mass is 270 g/mol. The Labute approximate surface area is 118 Å². The van der Waals surface area contributed by atoms with Gasteiger partial charge in [0.15, 0.2) is 0 Å². The molecule has 2 aromatic carbocycles. The normalized spacial score (nSPS) is 10.2. The van der Waals surface area contributed by atoms with E-state index in [1.54, 1.807) is 12.1 Å². The molecule has 4 N–H and O–H groups in total. The molecule has 0 amide bonds. The van der Waals surface area contributed by atoms with Gasteiger partial charge in [0, 0.05) is 12.2 Å². The van der Waals surface area contributed by atoms with Gasteiger partial charge in [-0.1, -0.05) is 30.3 Å². The molecule has 0 aromatic heterocycles. The predicted octanol–water partition coefficient (Wildman–Crippen LogP) is 3.01. The van der Waals surface area contributed by atoms with E-state index in [-0.39, 0.29) is 5.56 Å². The average molecular weight is 270 g/mol. The molecule has 4 heteroatoms. The van der Waals surface area contributed by atoms with Crippen molar-refractivity contribution in [1.82, 2.24) is 0 Å². The molecule has 0 aliphatic rings. The fraction of sp³-hybridized carbons (Fsp3) is 0.188. The Morgan fingerprint density at radius 3 is 2.60 bits per heavy atom. The number of nitrogen functional groups attached to an aromatic ring is 1. The van der Waals surface area contributed by atoms with Crippen LogP contribution in [0.1, 0.15) is 22.3 Å². The predicted molar refractivity (Wildman–Crippen MR) is 81.1 cm³/mol. The first kappa shape index (κ1) is 13.9. The van der Waals surface area contributed by atoms with Crippen molar-refractivity contribution in [3.63, 3.8) is 0 Å². The summed E-state index contributed by atoms with van der Waals surface area (Å²) in [5.74, 6) is -0.949. The van der Waals surface area contributed by atoms with E-state index in [4.69, 9.17) is 10.8 Å². The SMILES string of the molecule is Nc1ccc(C(=O)O)c(NCCCc2ccccc2)c1. The first-order chi connectivity index (χ1) is 9.66. The molecule has 2 aromatic rings. The number of hydrogen-bond acceptors (Lipinski definition) is 3. The molecule has 0 saturated heterocycles. The third kappa shape index (κ3) is 3.75. The number of hydrogen-bond donors (Lipinski definition) is 3. The molecule has 4 nitrogen and oxygen atoms in total. The van der Waals surface area contributed by atoms with Crippen LogP contribution in [0.2, 0.25) is 0 Å². The van der Waals surface area contributed by atoms with E-state index < -0.39 is 5.97 Å². The lowest BCUT2D eigenvalue weighted by Crippen LogP contribution is -2.09. The second-order valence-corrected chi connectivity index (χ2v) is 4.63. The fourth-order valence-electron chi connectivity index (χ4n) is 2.05. The molecule has 2 rings (SSSR count). The number of rotatable bonds is 6. The number of carboxylic acid groups (broad SMARTS) is 1. The van der Waals surface area contributed by atoms with Gasteiger partial charge >= 0.3 is 5.97 Å². The maximum atomic E-state index is 11.1. The summed E-state index contributed by atoms with van der Waals surface area (Å²) in [6, 6.07) is 15.0. The second-order valence-electron chi connectivity index (χ2n) is 4.63. The zero-order chi connectivity index (χ0) is 14.4. The molecule has 0 saturated carbocycles. The number of benzene rings is 2. The summed E-state index contributed by atoms with van der Waals surface area (Å²) in [5, 5.41) is 12.3. The van der Waals surface area contributed by atoms with Crippen molar-refractivity contribution < 1.29 is 9.90 Å². The van der Waals surface area contributed by atoms with E-state index in [9.17, 15) is 4.79 Å². The van der Waals surface area contributed by atoms with Gasteiger partial charge in [0.05, 0.1) is 11.3 Å². The topological polar surface area (TPSA) is 75.4 Å². The molecular weight excluding hydrogens is 252 g/mol. The third-order valence-electron chi connectivity index (χ3n) is 3.07. The minimum Gasteiger partial charge on any atom is -0.478 e. The van der Waals surface area contributed by atoms with Crippen molar-refractivity contribution in [2.45, 2.75) is 12.8 Å². The smallest absolute Gasteiger partial charge is 0.337 e. The zero-order valence-corrected chi connectivity index (χ0v) is 11.2. The number of aryl methyl sites for hydroxylation is 1. The van der Waals surface area contributed by atoms with E-state index in [1.165, 1.54) is 11.6 Å². The molecule has 0 heterocycles. The largest absolute Gasteiger partial charge is 0.478 e. The fourth-order valence-corrected chi connectivity index (χ4v) is 2.05. The Bertz CT molecular complexity index is 582. The highest BCUT2D eigenvalue weighted by atomic mass is 16.4. The molecule has 0 aliphatic carbocycles. The first-order valence-electron chi connectivity index (χ1n) is 6.57. The van der Waals surface area contributed by atoms with Gasteiger partial charge in [0.1, 0.15) is 0 Å². The van der Waals surface area contributed by atoms with E-state index >= 15 is 0 Å². The highest BCUT2D eigenvalue weighted by Gasteiger charge is 2.09. The van der Waals surface area contributed by atoms with Crippen LogP contribution in [-0.4, -0.2) is 17.6 Å². The molecule has 0 fully saturated rings. The highest BCUT2D eigenvalue weighted by molar-refractivity contribution is 5.95. The number of aromatic carboxylic acids is 1. The maximum absolute atomic E-state index is 11.1. The molecular formula is C16H18N2O2. The molecule has 0 unspecified atom stereocenters. The third-order valence-corrected chi connectivity index (χ3v) is 3.07. The van der Waals surface area contributed by atoms with Crippen LogP contribution in [-0.2, 0) is 6.42 Å². The van der Waals surface area contributed by atoms with Crippen LogP contribution in [0, 0.1) is 0 Å². The summed E-state index contributed by atoms with van der Waals surface area (Å²) < 4.78 is 0. The number of carboxylic acids is 1. The van der Waals surface area contributed by atoms with E-state index in [0.717, 1.165) is 12.8 Å². The summed E-state index contributed by atoms with van der Waals surface area (Å²) in [7, 11) is 0. The number of nitrogens with two attached hydrogens (primary N) is 1. The Kier molecular flexibility index (Phi) is 4.60. The molecule has 0 atom stereocenters. The standard InChI is InChI=1S/C16H18N2O2/c17-13-8-9-14(16(19)20)15(11-13)18-10-4-7-12-5-2-1-3-6-12/h1-3,5-6,8-9,11,18H,4,7,10,17H2,(H,19,20). The summed E-state index contributed by atoms with van der Waals surface area (Å²) in [6.45, 7) is 0.707. The zero-order valence-electron chi connectivity index (χ0n) is 11.2. The number of nitrogens with one attached hydrogen (secondary N) is 1. The van der Waals surface area contributed by atoms with Crippen LogP contribution in [0.15, 0.2) is 48.5 Å². The van der Waals surface area contributed by atoms with Gasteiger partial charge in [-0.2, -0.15) is 0 Å². The summed E-state index contributed by atoms with van der Waals surface area (Å²) in [4.78, 5) is 11.1. The average Bonchev–Trinajstić information content (AvgIpc) is 2.44. The van der Waals surface area contributed by atoms with Crippen molar-refractivity contribution in [2.24, 2.45) is 0 Å². The van der Waals surface area contributed by atoms with E-state index in [1.807, 2.05) is 18.2 Å². The first-order valence-corrected chi connectivity index (χ1v) is 6.57. The Balaban J connectivity index is 1.91. The maximum Gasteiger partial charge on any atom is 0.337 e. The highest BCUT2D eigenvalue weighted by Crippen LogP contribution is 2.19. The van der Waals surface area contributed by atoms with Crippen LogP contribution in [0.3, 0.4) is 0 Å². The Morgan fingerprint density at radius 1 is 1.15 bits per heavy atom. The van der Waals surface area contributed by atoms with Gasteiger partial charge in [-0.25, -0.2) is 4.79 Å². The van der Waals surface area contributed by atoms with Crippen LogP contribution in [0.4, 0.5) is 11.4 Å². The van der Waals surface area contributed by atoms with Gasteiger partial charge in [-0.05, 0) is 36.6 Å². The lowest BCUT2D eigenvalue weighted by Gasteiger charge is -2.10. The lowest BCUT2D eigenvalue weighted by atomic mass is 10.1. The van der Waals surface area contributed by atoms with Crippen LogP contribution in [0.25, 0.3) is 0 Å². The quantitative estimate of drug-likeness (QED) is 0.557. The number of anilines is 2. The summed E-state index contributed by atoms with van der Waals surface area (Å²) in [6.07, 6.45) is 1.89. The lowest BCUT2D eigenvalue weighted by molar-refractivity contribution is 0.0698. The summed E-state index contributed by atoms with van der Waals surface area (Å²) in [5.41, 5.74) is 8.35. The molecule has 20 heavy (non-hydrogen) atoms. The van der Waals surface area contributed by atoms with Crippen molar-refractivity contribution in [3.8, 4) is 0 Å². The molecule has 0 spiro atoms. The van der Waals surface area contributed by atoms with Gasteiger partial charge in [-0.3, -0.25) is 0 Å². The minimum absolute atomic E-state index is 0.249. The van der Waals surface area contributed by atoms with Crippen molar-refractivity contribution in [3.05, 3.63) is 59.7 Å². The van der Waals surface area contributed by atoms with Crippen LogP contribution >= 0.6 is 0 Å². The van der Waals surface area contributed by atoms with Crippen LogP contribution < -0.4 is 11.1 Å². The molecule has 0 aliphatic heterocycles. The molecule has 0 bridgehead atoms. The van der Waals surface area contributed by atoms with Gasteiger partial charge < -0.3 is 16.2 Å². The van der Waals surface area contributed by atoms with Gasteiger partial charge in [0.2, 0.25) is 0 Å². The van der Waals surface area contributed by atoms with E-state index in [2.05, 4.69) is 17.4 Å². The van der Waals surface area contributed by atoms with Crippen molar-refractivity contribution in [1.29, 1.82) is 0 Å². The Hall–Kier alpha value is -2.49. The number of carbonyl (C=O) groups is 1. The van der Waals surface area contributed by atoms with Gasteiger partial charge in [-0.15, -0.1) is 0 Å². The van der Waals surface area contributed by atoms with Crippen molar-refractivity contribution >= 4 is 17.3 Å². The van der Waals surface area contributed by atoms with E-state index in [0.29, 0.717) is 17.9 Å². The minimum atomic E-state index is -0.949. The Morgan fingerprint density at radius 2 is 1.90 bits per heavy atom. The van der Waals surface area contributed by atoms with Gasteiger partial charge in [0.25, 0.3) is 0 Å². The second kappa shape index (κ2) is 6.61.